The van der Waals surface area contributed by atoms with Crippen LogP contribution in [0.1, 0.15) is 21.5 Å². The molecule has 0 N–H and O–H groups in total. The van der Waals surface area contributed by atoms with Gasteiger partial charge in [-0.3, -0.25) is 0 Å². The molecule has 4 rings (SSSR count). The summed E-state index contributed by atoms with van der Waals surface area (Å²) >= 11 is 0. The van der Waals surface area contributed by atoms with Gasteiger partial charge in [-0.15, -0.1) is 0 Å². The van der Waals surface area contributed by atoms with Crippen molar-refractivity contribution in [3.63, 3.8) is 0 Å². The van der Waals surface area contributed by atoms with Gasteiger partial charge in [0.15, 0.2) is 0 Å². The predicted molar refractivity (Wildman–Crippen MR) is 101 cm³/mol. The van der Waals surface area contributed by atoms with Crippen LogP contribution in [0.5, 0.6) is 0 Å². The molecule has 26 heavy (non-hydrogen) atoms. The van der Waals surface area contributed by atoms with Gasteiger partial charge in [0.1, 0.15) is 12.3 Å². The Morgan fingerprint density at radius 3 is 2.42 bits per heavy atom. The van der Waals surface area contributed by atoms with Crippen molar-refractivity contribution in [2.24, 2.45) is 0 Å². The van der Waals surface area contributed by atoms with Crippen molar-refractivity contribution in [2.45, 2.75) is 13.5 Å². The molecule has 0 saturated carbocycles. The number of aryl methyl sites for hydroxylation is 1. The van der Waals surface area contributed by atoms with E-state index in [2.05, 4.69) is 4.98 Å². The molecule has 0 atom stereocenters. The molecule has 0 fully saturated rings. The van der Waals surface area contributed by atoms with Crippen molar-refractivity contribution >= 4 is 17.0 Å². The molecule has 2 aromatic heterocycles. The topological polar surface area (TPSA) is 44.1 Å². The first-order chi connectivity index (χ1) is 12.7. The first kappa shape index (κ1) is 16.1. The molecule has 0 radical (unpaired) electrons. The molecular weight excluding hydrogens is 324 g/mol. The predicted octanol–water partition coefficient (Wildman–Crippen LogP) is 4.69. The number of fused-ring (bicyclic) bond motifs is 1. The molecule has 0 aliphatic rings. The van der Waals surface area contributed by atoms with Crippen LogP contribution < -0.4 is 0 Å². The normalized spacial score (nSPS) is 10.8. The zero-order chi connectivity index (χ0) is 17.9. The Labute approximate surface area is 151 Å². The zero-order valence-electron chi connectivity index (χ0n) is 14.4. The highest BCUT2D eigenvalue weighted by Gasteiger charge is 2.15. The number of aromatic nitrogens is 2. The molecule has 0 aliphatic heterocycles. The van der Waals surface area contributed by atoms with Crippen LogP contribution >= 0.6 is 0 Å². The Kier molecular flexibility index (Phi) is 4.23. The summed E-state index contributed by atoms with van der Waals surface area (Å²) in [7, 11) is 0. The molecule has 0 amide bonds. The maximum atomic E-state index is 12.3. The standard InChI is InChI=1S/C22H18N2O2/c1-16-12-13-23-21-20(16)18(14-24(21)19-10-6-3-7-11-19)15-26-22(25)17-8-4-2-5-9-17/h2-14H,15H2,1H3. The van der Waals surface area contributed by atoms with Crippen molar-refractivity contribution in [2.75, 3.05) is 0 Å². The summed E-state index contributed by atoms with van der Waals surface area (Å²) in [6.07, 6.45) is 3.80. The summed E-state index contributed by atoms with van der Waals surface area (Å²) < 4.78 is 7.58. The van der Waals surface area contributed by atoms with Crippen LogP contribution in [-0.2, 0) is 11.3 Å². The highest BCUT2D eigenvalue weighted by molar-refractivity contribution is 5.90. The van der Waals surface area contributed by atoms with Crippen LogP contribution in [-0.4, -0.2) is 15.5 Å². The lowest BCUT2D eigenvalue weighted by Gasteiger charge is -2.05. The summed E-state index contributed by atoms with van der Waals surface area (Å²) in [5.74, 6) is -0.326. The lowest BCUT2D eigenvalue weighted by atomic mass is 10.1. The second kappa shape index (κ2) is 6.84. The van der Waals surface area contributed by atoms with Crippen LogP contribution in [0.2, 0.25) is 0 Å². The number of rotatable bonds is 4. The highest BCUT2D eigenvalue weighted by atomic mass is 16.5. The lowest BCUT2D eigenvalue weighted by Crippen LogP contribution is -2.04. The molecule has 0 unspecified atom stereocenters. The Bertz CT molecular complexity index is 1050. The maximum absolute atomic E-state index is 12.3. The van der Waals surface area contributed by atoms with E-state index >= 15 is 0 Å². The van der Waals surface area contributed by atoms with Gasteiger partial charge < -0.3 is 9.30 Å². The number of benzene rings is 2. The smallest absolute Gasteiger partial charge is 0.338 e. The molecule has 4 nitrogen and oxygen atoms in total. The first-order valence-corrected chi connectivity index (χ1v) is 8.47. The van der Waals surface area contributed by atoms with Crippen LogP contribution in [0.4, 0.5) is 0 Å². The number of carbonyl (C=O) groups is 1. The average Bonchev–Trinajstić information content (AvgIpc) is 3.07. The van der Waals surface area contributed by atoms with Crippen molar-refractivity contribution < 1.29 is 9.53 Å². The monoisotopic (exact) mass is 342 g/mol. The molecule has 0 aliphatic carbocycles. The van der Waals surface area contributed by atoms with E-state index in [9.17, 15) is 4.79 Å². The number of ether oxygens (including phenoxy) is 1. The number of para-hydroxylation sites is 1. The van der Waals surface area contributed by atoms with E-state index in [0.29, 0.717) is 5.56 Å². The van der Waals surface area contributed by atoms with Gasteiger partial charge in [0, 0.05) is 29.0 Å². The first-order valence-electron chi connectivity index (χ1n) is 8.47. The number of carbonyl (C=O) groups excluding carboxylic acids is 1. The number of pyridine rings is 1. The van der Waals surface area contributed by atoms with Crippen molar-refractivity contribution in [3.8, 4) is 5.69 Å². The number of esters is 1. The minimum absolute atomic E-state index is 0.205. The van der Waals surface area contributed by atoms with E-state index in [1.54, 1.807) is 18.3 Å². The van der Waals surface area contributed by atoms with Gasteiger partial charge in [-0.2, -0.15) is 0 Å². The summed E-state index contributed by atoms with van der Waals surface area (Å²) in [6.45, 7) is 2.25. The Morgan fingerprint density at radius 2 is 1.69 bits per heavy atom. The SMILES string of the molecule is Cc1ccnc2c1c(COC(=O)c1ccccc1)cn2-c1ccccc1. The summed E-state index contributed by atoms with van der Waals surface area (Å²) in [5, 5.41) is 1.03. The van der Waals surface area contributed by atoms with Crippen LogP contribution in [0.15, 0.2) is 79.1 Å². The Balaban J connectivity index is 1.70. The van der Waals surface area contributed by atoms with E-state index < -0.39 is 0 Å². The van der Waals surface area contributed by atoms with Gasteiger partial charge in [0.05, 0.1) is 5.56 Å². The fraction of sp³-hybridized carbons (Fsp3) is 0.0909. The third kappa shape index (κ3) is 2.97. The Morgan fingerprint density at radius 1 is 1.00 bits per heavy atom. The molecule has 128 valence electrons. The molecule has 2 aromatic carbocycles. The second-order valence-corrected chi connectivity index (χ2v) is 6.13. The van der Waals surface area contributed by atoms with Crippen molar-refractivity contribution in [1.82, 2.24) is 9.55 Å². The average molecular weight is 342 g/mol. The van der Waals surface area contributed by atoms with Gasteiger partial charge in [-0.05, 0) is 42.8 Å². The zero-order valence-corrected chi connectivity index (χ0v) is 14.4. The maximum Gasteiger partial charge on any atom is 0.338 e. The van der Waals surface area contributed by atoms with E-state index in [1.165, 1.54) is 0 Å². The van der Waals surface area contributed by atoms with Gasteiger partial charge in [0.2, 0.25) is 0 Å². The number of hydrogen-bond acceptors (Lipinski definition) is 3. The number of nitrogens with zero attached hydrogens (tertiary/aromatic N) is 2. The fourth-order valence-corrected chi connectivity index (χ4v) is 3.10. The molecule has 0 bridgehead atoms. The minimum atomic E-state index is -0.326. The van der Waals surface area contributed by atoms with Gasteiger partial charge in [-0.25, -0.2) is 9.78 Å². The lowest BCUT2D eigenvalue weighted by molar-refractivity contribution is 0.0474. The van der Waals surface area contributed by atoms with Gasteiger partial charge in [-0.1, -0.05) is 36.4 Å². The van der Waals surface area contributed by atoms with Crippen LogP contribution in [0.3, 0.4) is 0 Å². The molecular formula is C22H18N2O2. The quantitative estimate of drug-likeness (QED) is 0.505. The van der Waals surface area contributed by atoms with Crippen LogP contribution in [0, 0.1) is 6.92 Å². The van der Waals surface area contributed by atoms with Gasteiger partial charge in [0.25, 0.3) is 0 Å². The minimum Gasteiger partial charge on any atom is -0.457 e. The van der Waals surface area contributed by atoms with E-state index in [0.717, 1.165) is 27.8 Å². The largest absolute Gasteiger partial charge is 0.457 e. The summed E-state index contributed by atoms with van der Waals surface area (Å²) in [5.41, 5.74) is 4.49. The van der Waals surface area contributed by atoms with E-state index in [1.807, 2.05) is 72.3 Å². The van der Waals surface area contributed by atoms with E-state index in [-0.39, 0.29) is 12.6 Å². The molecule has 2 heterocycles. The number of hydrogen-bond donors (Lipinski definition) is 0. The summed E-state index contributed by atoms with van der Waals surface area (Å²) in [4.78, 5) is 16.8. The Hall–Kier alpha value is -3.40. The van der Waals surface area contributed by atoms with Crippen LogP contribution in [0.25, 0.3) is 16.7 Å². The molecule has 4 heteroatoms. The highest BCUT2D eigenvalue weighted by Crippen LogP contribution is 2.27. The van der Waals surface area contributed by atoms with Crippen molar-refractivity contribution in [1.29, 1.82) is 0 Å². The van der Waals surface area contributed by atoms with Gasteiger partial charge >= 0.3 is 5.97 Å². The third-order valence-electron chi connectivity index (χ3n) is 4.38. The summed E-state index contributed by atoms with van der Waals surface area (Å²) in [6, 6.07) is 21.0. The molecule has 0 saturated heterocycles. The molecule has 0 spiro atoms. The second-order valence-electron chi connectivity index (χ2n) is 6.13. The van der Waals surface area contributed by atoms with E-state index in [4.69, 9.17) is 4.74 Å². The fourth-order valence-electron chi connectivity index (χ4n) is 3.10. The molecule has 4 aromatic rings. The third-order valence-corrected chi connectivity index (χ3v) is 4.38. The van der Waals surface area contributed by atoms with Crippen molar-refractivity contribution in [3.05, 3.63) is 95.8 Å².